The molecule has 106 valence electrons. The number of rotatable bonds is 4. The summed E-state index contributed by atoms with van der Waals surface area (Å²) in [5.41, 5.74) is 1.39. The van der Waals surface area contributed by atoms with Gasteiger partial charge in [0.15, 0.2) is 23.3 Å². The van der Waals surface area contributed by atoms with Crippen LogP contribution < -0.4 is 10.6 Å². The number of nitrogens with zero attached hydrogens (tertiary/aromatic N) is 1. The highest BCUT2D eigenvalue weighted by molar-refractivity contribution is 6.33. The van der Waals surface area contributed by atoms with E-state index < -0.39 is 11.6 Å². The lowest BCUT2D eigenvalue weighted by molar-refractivity contribution is 0.579. The molecule has 0 spiro atoms. The topological polar surface area (TPSA) is 37.0 Å². The van der Waals surface area contributed by atoms with Crippen molar-refractivity contribution in [3.63, 3.8) is 0 Å². The molecule has 2 N–H and O–H groups in total. The highest BCUT2D eigenvalue weighted by atomic mass is 35.5. The van der Waals surface area contributed by atoms with Gasteiger partial charge < -0.3 is 10.6 Å². The second kappa shape index (κ2) is 6.05. The van der Waals surface area contributed by atoms with Crippen LogP contribution >= 0.6 is 11.6 Å². The largest absolute Gasteiger partial charge is 0.368 e. The average molecular weight is 298 g/mol. The van der Waals surface area contributed by atoms with Gasteiger partial charge in [-0.05, 0) is 25.5 Å². The van der Waals surface area contributed by atoms with Crippen molar-refractivity contribution in [3.8, 4) is 0 Å². The lowest BCUT2D eigenvalue weighted by Gasteiger charge is -2.13. The van der Waals surface area contributed by atoms with Crippen LogP contribution in [0.15, 0.2) is 24.3 Å². The SMILES string of the molecule is CCNc1nc(Nc2c(C)cccc2Cl)c(F)cc1F. The summed E-state index contributed by atoms with van der Waals surface area (Å²) in [6.07, 6.45) is 0. The van der Waals surface area contributed by atoms with E-state index in [0.717, 1.165) is 11.6 Å². The molecule has 3 nitrogen and oxygen atoms in total. The maximum absolute atomic E-state index is 13.8. The number of nitrogens with one attached hydrogen (secondary N) is 2. The van der Waals surface area contributed by atoms with E-state index in [1.54, 1.807) is 19.1 Å². The van der Waals surface area contributed by atoms with Crippen LogP contribution in [0.25, 0.3) is 0 Å². The Morgan fingerprint density at radius 3 is 2.55 bits per heavy atom. The molecule has 0 aliphatic heterocycles. The second-order valence-corrected chi connectivity index (χ2v) is 4.64. The third kappa shape index (κ3) is 2.99. The van der Waals surface area contributed by atoms with Crippen LogP contribution in [0.2, 0.25) is 5.02 Å². The van der Waals surface area contributed by atoms with Gasteiger partial charge in [0.1, 0.15) is 0 Å². The Morgan fingerprint density at radius 1 is 1.20 bits per heavy atom. The standard InChI is InChI=1S/C14H14ClF2N3/c1-3-18-13-10(16)7-11(17)14(20-13)19-12-8(2)5-4-6-9(12)15/h4-7H,3H2,1-2H3,(H2,18,19,20). The second-order valence-electron chi connectivity index (χ2n) is 4.24. The molecule has 0 bridgehead atoms. The molecule has 1 aromatic heterocycles. The first kappa shape index (κ1) is 14.5. The summed E-state index contributed by atoms with van der Waals surface area (Å²) in [7, 11) is 0. The Balaban J connectivity index is 2.40. The summed E-state index contributed by atoms with van der Waals surface area (Å²) in [5.74, 6) is -1.58. The summed E-state index contributed by atoms with van der Waals surface area (Å²) >= 11 is 6.06. The van der Waals surface area contributed by atoms with E-state index in [9.17, 15) is 8.78 Å². The molecule has 2 rings (SSSR count). The molecule has 0 aliphatic rings. The van der Waals surface area contributed by atoms with E-state index in [-0.39, 0.29) is 11.6 Å². The number of aryl methyl sites for hydroxylation is 1. The van der Waals surface area contributed by atoms with Crippen molar-refractivity contribution in [3.05, 3.63) is 46.5 Å². The summed E-state index contributed by atoms with van der Waals surface area (Å²) in [6.45, 7) is 4.12. The number of benzene rings is 1. The number of hydrogen-bond donors (Lipinski definition) is 2. The zero-order valence-corrected chi connectivity index (χ0v) is 11.9. The smallest absolute Gasteiger partial charge is 0.169 e. The molecule has 0 saturated carbocycles. The highest BCUT2D eigenvalue weighted by Crippen LogP contribution is 2.30. The van der Waals surface area contributed by atoms with Crippen LogP contribution in [0.1, 0.15) is 12.5 Å². The fourth-order valence-electron chi connectivity index (χ4n) is 1.75. The molecule has 2 aromatic rings. The molecule has 0 saturated heterocycles. The Hall–Kier alpha value is -1.88. The van der Waals surface area contributed by atoms with E-state index in [0.29, 0.717) is 17.3 Å². The molecule has 0 fully saturated rings. The zero-order chi connectivity index (χ0) is 14.7. The fourth-order valence-corrected chi connectivity index (χ4v) is 2.02. The van der Waals surface area contributed by atoms with Crippen molar-refractivity contribution in [1.82, 2.24) is 4.98 Å². The summed E-state index contributed by atoms with van der Waals surface area (Å²) < 4.78 is 27.3. The van der Waals surface area contributed by atoms with Crippen molar-refractivity contribution >= 4 is 28.9 Å². The predicted octanol–water partition coefficient (Wildman–Crippen LogP) is 4.50. The minimum absolute atomic E-state index is 0.00102. The molecule has 0 atom stereocenters. The number of pyridine rings is 1. The van der Waals surface area contributed by atoms with Crippen LogP contribution in [0.3, 0.4) is 0 Å². The summed E-state index contributed by atoms with van der Waals surface area (Å²) in [4.78, 5) is 3.91. The monoisotopic (exact) mass is 297 g/mol. The third-order valence-corrected chi connectivity index (χ3v) is 3.05. The van der Waals surface area contributed by atoms with E-state index in [1.807, 2.05) is 13.0 Å². The van der Waals surface area contributed by atoms with Gasteiger partial charge in [0.25, 0.3) is 0 Å². The predicted molar refractivity (Wildman–Crippen MR) is 77.8 cm³/mol. The van der Waals surface area contributed by atoms with E-state index in [2.05, 4.69) is 15.6 Å². The van der Waals surface area contributed by atoms with Crippen LogP contribution in [0.5, 0.6) is 0 Å². The van der Waals surface area contributed by atoms with Gasteiger partial charge in [-0.2, -0.15) is 0 Å². The average Bonchev–Trinajstić information content (AvgIpc) is 2.39. The lowest BCUT2D eigenvalue weighted by atomic mass is 10.2. The quantitative estimate of drug-likeness (QED) is 0.872. The number of halogens is 3. The van der Waals surface area contributed by atoms with Crippen molar-refractivity contribution in [2.45, 2.75) is 13.8 Å². The van der Waals surface area contributed by atoms with Gasteiger partial charge in [-0.3, -0.25) is 0 Å². The van der Waals surface area contributed by atoms with E-state index in [4.69, 9.17) is 11.6 Å². The summed E-state index contributed by atoms with van der Waals surface area (Å²) in [5, 5.41) is 5.99. The molecule has 0 amide bonds. The maximum atomic E-state index is 13.8. The molecule has 0 aliphatic carbocycles. The van der Waals surface area contributed by atoms with Gasteiger partial charge in [-0.1, -0.05) is 23.7 Å². The first-order valence-corrected chi connectivity index (χ1v) is 6.52. The minimum Gasteiger partial charge on any atom is -0.368 e. The zero-order valence-electron chi connectivity index (χ0n) is 11.1. The number of para-hydroxylation sites is 1. The van der Waals surface area contributed by atoms with Crippen LogP contribution in [0.4, 0.5) is 26.1 Å². The van der Waals surface area contributed by atoms with Gasteiger partial charge in [-0.15, -0.1) is 0 Å². The normalized spacial score (nSPS) is 10.4. The highest BCUT2D eigenvalue weighted by Gasteiger charge is 2.13. The minimum atomic E-state index is -0.775. The van der Waals surface area contributed by atoms with Crippen LogP contribution in [-0.2, 0) is 0 Å². The van der Waals surface area contributed by atoms with Crippen LogP contribution in [0, 0.1) is 18.6 Å². The van der Waals surface area contributed by atoms with Crippen molar-refractivity contribution in [2.24, 2.45) is 0 Å². The van der Waals surface area contributed by atoms with Crippen LogP contribution in [-0.4, -0.2) is 11.5 Å². The van der Waals surface area contributed by atoms with Crippen molar-refractivity contribution in [1.29, 1.82) is 0 Å². The van der Waals surface area contributed by atoms with Crippen molar-refractivity contribution < 1.29 is 8.78 Å². The Bertz CT molecular complexity index is 612. The van der Waals surface area contributed by atoms with Gasteiger partial charge >= 0.3 is 0 Å². The first-order valence-electron chi connectivity index (χ1n) is 6.15. The van der Waals surface area contributed by atoms with Crippen molar-refractivity contribution in [2.75, 3.05) is 17.2 Å². The summed E-state index contributed by atoms with van der Waals surface area (Å²) in [6, 6.07) is 6.10. The van der Waals surface area contributed by atoms with E-state index >= 15 is 0 Å². The van der Waals surface area contributed by atoms with Gasteiger partial charge in [0.2, 0.25) is 0 Å². The third-order valence-electron chi connectivity index (χ3n) is 2.74. The molecule has 6 heteroatoms. The molecule has 0 radical (unpaired) electrons. The molecular formula is C14H14ClF2N3. The number of anilines is 3. The lowest BCUT2D eigenvalue weighted by Crippen LogP contribution is -2.07. The fraction of sp³-hybridized carbons (Fsp3) is 0.214. The Labute approximate surface area is 121 Å². The van der Waals surface area contributed by atoms with Gasteiger partial charge in [-0.25, -0.2) is 13.8 Å². The molecule has 0 unspecified atom stereocenters. The van der Waals surface area contributed by atoms with E-state index in [1.165, 1.54) is 0 Å². The van der Waals surface area contributed by atoms with Gasteiger partial charge in [0, 0.05) is 12.6 Å². The maximum Gasteiger partial charge on any atom is 0.169 e. The first-order chi connectivity index (χ1) is 9.52. The molecule has 1 aromatic carbocycles. The Morgan fingerprint density at radius 2 is 1.90 bits per heavy atom. The number of hydrogen-bond acceptors (Lipinski definition) is 3. The molecule has 20 heavy (non-hydrogen) atoms. The molecule has 1 heterocycles. The number of aromatic nitrogens is 1. The molecular weight excluding hydrogens is 284 g/mol. The van der Waals surface area contributed by atoms with Gasteiger partial charge in [0.05, 0.1) is 10.7 Å². The Kier molecular flexibility index (Phi) is 4.39.